The van der Waals surface area contributed by atoms with E-state index in [2.05, 4.69) is 10.1 Å². The molecule has 1 saturated heterocycles. The minimum atomic E-state index is -0.317. The van der Waals surface area contributed by atoms with Crippen LogP contribution in [0.4, 0.5) is 4.39 Å². The molecule has 3 aromatic rings. The third-order valence-electron chi connectivity index (χ3n) is 6.65. The summed E-state index contributed by atoms with van der Waals surface area (Å²) in [4.78, 5) is 16.8. The minimum Gasteiger partial charge on any atom is -0.487 e. The number of nitrogens with zero attached hydrogens (tertiary/aromatic N) is 3. The first-order chi connectivity index (χ1) is 17.5. The maximum atomic E-state index is 15.2. The highest BCUT2D eigenvalue weighted by atomic mass is 19.1. The van der Waals surface area contributed by atoms with Gasteiger partial charge < -0.3 is 14.2 Å². The molecule has 1 aliphatic carbocycles. The molecule has 1 saturated carbocycles. The van der Waals surface area contributed by atoms with Crippen molar-refractivity contribution in [1.29, 1.82) is 0 Å². The van der Waals surface area contributed by atoms with Crippen LogP contribution in [0.15, 0.2) is 48.8 Å². The maximum absolute atomic E-state index is 15.2. The van der Waals surface area contributed by atoms with Crippen molar-refractivity contribution in [3.05, 3.63) is 65.7 Å². The Bertz CT molecular complexity index is 1190. The van der Waals surface area contributed by atoms with Crippen molar-refractivity contribution in [1.82, 2.24) is 14.8 Å². The Morgan fingerprint density at radius 3 is 2.86 bits per heavy atom. The fraction of sp³-hybridized carbons (Fsp3) is 0.464. The lowest BCUT2D eigenvalue weighted by molar-refractivity contribution is -0.146. The summed E-state index contributed by atoms with van der Waals surface area (Å²) in [5.41, 5.74) is 2.66. The molecule has 0 bridgehead atoms. The van der Waals surface area contributed by atoms with Gasteiger partial charge in [-0.25, -0.2) is 9.07 Å². The van der Waals surface area contributed by atoms with E-state index in [1.54, 1.807) is 24.5 Å². The number of halogens is 1. The fourth-order valence-electron chi connectivity index (χ4n) is 4.59. The van der Waals surface area contributed by atoms with E-state index in [1.807, 2.05) is 42.8 Å². The standard InChI is InChI=1S/C28H32FN3O4/c1-18(2)16-36-28(33)23-14-22(23)21-7-5-6-19(27(21)29)17-35-20-9-10-24(30-15-20)25-11-12-31-32(25)26-8-3-4-13-34-26/h5-7,9-12,15,18,22-23,26H,3-4,8,13-14,16-17H2,1-2H3. The molecule has 0 spiro atoms. The van der Waals surface area contributed by atoms with Crippen LogP contribution in [0.2, 0.25) is 0 Å². The van der Waals surface area contributed by atoms with Crippen molar-refractivity contribution in [3.8, 4) is 17.1 Å². The Labute approximate surface area is 210 Å². The quantitative estimate of drug-likeness (QED) is 0.358. The molecule has 3 heterocycles. The van der Waals surface area contributed by atoms with E-state index in [-0.39, 0.29) is 42.4 Å². The van der Waals surface area contributed by atoms with Crippen LogP contribution in [-0.2, 0) is 20.9 Å². The van der Waals surface area contributed by atoms with Crippen LogP contribution in [0.5, 0.6) is 5.75 Å². The van der Waals surface area contributed by atoms with E-state index in [9.17, 15) is 4.79 Å². The molecule has 1 aromatic carbocycles. The first-order valence-corrected chi connectivity index (χ1v) is 12.7. The zero-order chi connectivity index (χ0) is 25.1. The SMILES string of the molecule is CC(C)COC(=O)C1CC1c1cccc(COc2ccc(-c3ccnn3C3CCCCO3)nc2)c1F. The van der Waals surface area contributed by atoms with E-state index in [0.29, 0.717) is 29.9 Å². The second-order valence-corrected chi connectivity index (χ2v) is 9.94. The van der Waals surface area contributed by atoms with Crippen LogP contribution >= 0.6 is 0 Å². The summed E-state index contributed by atoms with van der Waals surface area (Å²) in [6.45, 7) is 5.19. The summed E-state index contributed by atoms with van der Waals surface area (Å²) in [5.74, 6) is -0.132. The van der Waals surface area contributed by atoms with Crippen LogP contribution in [0.3, 0.4) is 0 Å². The van der Waals surface area contributed by atoms with Gasteiger partial charge in [0, 0.05) is 24.3 Å². The monoisotopic (exact) mass is 493 g/mol. The highest BCUT2D eigenvalue weighted by Crippen LogP contribution is 2.49. The van der Waals surface area contributed by atoms with E-state index >= 15 is 4.39 Å². The third-order valence-corrected chi connectivity index (χ3v) is 6.65. The van der Waals surface area contributed by atoms with Gasteiger partial charge in [0.1, 0.15) is 18.2 Å². The molecule has 2 aliphatic rings. The van der Waals surface area contributed by atoms with Gasteiger partial charge >= 0.3 is 5.97 Å². The van der Waals surface area contributed by atoms with Gasteiger partial charge in [0.15, 0.2) is 6.23 Å². The van der Waals surface area contributed by atoms with Gasteiger partial charge in [-0.3, -0.25) is 9.78 Å². The van der Waals surface area contributed by atoms with Gasteiger partial charge in [0.2, 0.25) is 0 Å². The number of hydrogen-bond acceptors (Lipinski definition) is 6. The highest BCUT2D eigenvalue weighted by Gasteiger charge is 2.46. The number of esters is 1. The number of carbonyl (C=O) groups excluding carboxylic acids is 1. The molecule has 5 rings (SSSR count). The van der Waals surface area contributed by atoms with Gasteiger partial charge in [0.05, 0.1) is 30.1 Å². The molecule has 3 unspecified atom stereocenters. The molecule has 0 N–H and O–H groups in total. The summed E-state index contributed by atoms with van der Waals surface area (Å²) in [7, 11) is 0. The number of carbonyl (C=O) groups is 1. The normalized spacial score (nSPS) is 21.4. The van der Waals surface area contributed by atoms with Crippen molar-refractivity contribution >= 4 is 5.97 Å². The first kappa shape index (κ1) is 24.4. The van der Waals surface area contributed by atoms with E-state index < -0.39 is 0 Å². The topological polar surface area (TPSA) is 75.5 Å². The molecule has 190 valence electrons. The summed E-state index contributed by atoms with van der Waals surface area (Å²) < 4.78 is 34.1. The first-order valence-electron chi connectivity index (χ1n) is 12.7. The lowest BCUT2D eigenvalue weighted by atomic mass is 10.0. The zero-order valence-electron chi connectivity index (χ0n) is 20.7. The Balaban J connectivity index is 1.21. The summed E-state index contributed by atoms with van der Waals surface area (Å²) in [5, 5.41) is 4.44. The Morgan fingerprint density at radius 1 is 1.22 bits per heavy atom. The predicted molar refractivity (Wildman–Crippen MR) is 132 cm³/mol. The minimum absolute atomic E-state index is 0.0696. The van der Waals surface area contributed by atoms with Crippen molar-refractivity contribution in [2.45, 2.75) is 58.3 Å². The predicted octanol–water partition coefficient (Wildman–Crippen LogP) is 5.67. The molecule has 1 aliphatic heterocycles. The number of hydrogen-bond donors (Lipinski definition) is 0. The smallest absolute Gasteiger partial charge is 0.309 e. The van der Waals surface area contributed by atoms with Gasteiger partial charge in [-0.05, 0) is 55.4 Å². The maximum Gasteiger partial charge on any atom is 0.309 e. The van der Waals surface area contributed by atoms with Crippen LogP contribution in [-0.4, -0.2) is 33.9 Å². The number of ether oxygens (including phenoxy) is 3. The lowest BCUT2D eigenvalue weighted by Gasteiger charge is -2.24. The molecule has 2 fully saturated rings. The average Bonchev–Trinajstić information content (AvgIpc) is 3.54. The molecular weight excluding hydrogens is 461 g/mol. The van der Waals surface area contributed by atoms with Crippen molar-refractivity contribution in [3.63, 3.8) is 0 Å². The van der Waals surface area contributed by atoms with Crippen LogP contribution in [0.25, 0.3) is 11.4 Å². The largest absolute Gasteiger partial charge is 0.487 e. The van der Waals surface area contributed by atoms with E-state index in [4.69, 9.17) is 14.2 Å². The van der Waals surface area contributed by atoms with Gasteiger partial charge in [0.25, 0.3) is 0 Å². The zero-order valence-corrected chi connectivity index (χ0v) is 20.7. The van der Waals surface area contributed by atoms with Gasteiger partial charge in [-0.2, -0.15) is 5.10 Å². The van der Waals surface area contributed by atoms with Crippen molar-refractivity contribution in [2.75, 3.05) is 13.2 Å². The summed E-state index contributed by atoms with van der Waals surface area (Å²) in [6, 6.07) is 10.9. The molecule has 0 radical (unpaired) electrons. The summed E-state index contributed by atoms with van der Waals surface area (Å²) >= 11 is 0. The molecular formula is C28H32FN3O4. The highest BCUT2D eigenvalue weighted by molar-refractivity contribution is 5.77. The van der Waals surface area contributed by atoms with Crippen molar-refractivity contribution < 1.29 is 23.4 Å². The van der Waals surface area contributed by atoms with E-state index in [0.717, 1.165) is 37.3 Å². The number of rotatable bonds is 9. The third kappa shape index (κ3) is 5.43. The number of aromatic nitrogens is 3. The molecule has 8 heteroatoms. The average molecular weight is 494 g/mol. The second kappa shape index (κ2) is 10.8. The number of benzene rings is 1. The Hall–Kier alpha value is -3.26. The molecule has 36 heavy (non-hydrogen) atoms. The molecule has 3 atom stereocenters. The van der Waals surface area contributed by atoms with Gasteiger partial charge in [-0.15, -0.1) is 0 Å². The molecule has 0 amide bonds. The lowest BCUT2D eigenvalue weighted by Crippen LogP contribution is -2.20. The van der Waals surface area contributed by atoms with Crippen LogP contribution in [0.1, 0.15) is 62.8 Å². The fourth-order valence-corrected chi connectivity index (χ4v) is 4.59. The summed E-state index contributed by atoms with van der Waals surface area (Å²) in [6.07, 6.45) is 7.06. The Kier molecular flexibility index (Phi) is 7.32. The van der Waals surface area contributed by atoms with Gasteiger partial charge in [-0.1, -0.05) is 32.0 Å². The molecule has 7 nitrogen and oxygen atoms in total. The molecule has 2 aromatic heterocycles. The van der Waals surface area contributed by atoms with E-state index in [1.165, 1.54) is 0 Å². The Morgan fingerprint density at radius 2 is 2.11 bits per heavy atom. The number of pyridine rings is 1. The van der Waals surface area contributed by atoms with Crippen LogP contribution < -0.4 is 4.74 Å². The van der Waals surface area contributed by atoms with Crippen molar-refractivity contribution in [2.24, 2.45) is 11.8 Å². The second-order valence-electron chi connectivity index (χ2n) is 9.94. The van der Waals surface area contributed by atoms with Crippen LogP contribution in [0, 0.1) is 17.7 Å².